The third-order valence-electron chi connectivity index (χ3n) is 3.58. The summed E-state index contributed by atoms with van der Waals surface area (Å²) in [7, 11) is 0. The molecule has 0 saturated carbocycles. The molecule has 0 saturated heterocycles. The van der Waals surface area contributed by atoms with Crippen LogP contribution in [0.2, 0.25) is 0 Å². The van der Waals surface area contributed by atoms with Gasteiger partial charge in [0.25, 0.3) is 5.91 Å². The number of pyridine rings is 1. The number of carbonyl (C=O) groups excluding carboxylic acids is 2. The number of ether oxygens (including phenoxy) is 1. The van der Waals surface area contributed by atoms with E-state index in [0.29, 0.717) is 11.3 Å². The van der Waals surface area contributed by atoms with Crippen molar-refractivity contribution in [2.75, 3.05) is 5.32 Å². The molecule has 1 aromatic heterocycles. The molecule has 0 spiro atoms. The number of hydrogen-bond donors (Lipinski definition) is 2. The van der Waals surface area contributed by atoms with Crippen molar-refractivity contribution in [3.8, 4) is 5.75 Å². The Bertz CT molecular complexity index is 867. The molecule has 2 amide bonds. The lowest BCUT2D eigenvalue weighted by atomic mass is 10.1. The Balaban J connectivity index is 2.06. The predicted octanol–water partition coefficient (Wildman–Crippen LogP) is 3.81. The number of aryl methyl sites for hydroxylation is 1. The van der Waals surface area contributed by atoms with Crippen LogP contribution in [0.15, 0.2) is 36.4 Å². The highest BCUT2D eigenvalue weighted by molar-refractivity contribution is 5.97. The summed E-state index contributed by atoms with van der Waals surface area (Å²) in [6.07, 6.45) is -4.78. The minimum absolute atomic E-state index is 0.00292. The fourth-order valence-electron chi connectivity index (χ4n) is 2.27. The molecule has 1 heterocycles. The van der Waals surface area contributed by atoms with Crippen LogP contribution in [0, 0.1) is 12.8 Å². The van der Waals surface area contributed by atoms with Gasteiger partial charge in [-0.3, -0.25) is 9.59 Å². The highest BCUT2D eigenvalue weighted by Gasteiger charge is 2.31. The van der Waals surface area contributed by atoms with Crippen molar-refractivity contribution in [2.45, 2.75) is 33.7 Å². The molecule has 9 heteroatoms. The maximum atomic E-state index is 12.4. The van der Waals surface area contributed by atoms with Crippen LogP contribution in [0.5, 0.6) is 5.75 Å². The van der Waals surface area contributed by atoms with Gasteiger partial charge < -0.3 is 15.4 Å². The first kappa shape index (κ1) is 21.2. The van der Waals surface area contributed by atoms with Crippen LogP contribution in [-0.2, 0) is 11.3 Å². The van der Waals surface area contributed by atoms with Crippen molar-refractivity contribution >= 4 is 17.6 Å². The van der Waals surface area contributed by atoms with Gasteiger partial charge in [-0.2, -0.15) is 0 Å². The van der Waals surface area contributed by atoms with Crippen molar-refractivity contribution < 1.29 is 27.5 Å². The van der Waals surface area contributed by atoms with Gasteiger partial charge in [-0.05, 0) is 36.8 Å². The van der Waals surface area contributed by atoms with Gasteiger partial charge >= 0.3 is 6.36 Å². The highest BCUT2D eigenvalue weighted by atomic mass is 19.4. The number of halogens is 3. The molecule has 0 aliphatic rings. The normalized spacial score (nSPS) is 11.2. The second-order valence-corrected chi connectivity index (χ2v) is 6.40. The molecule has 2 rings (SSSR count). The van der Waals surface area contributed by atoms with Gasteiger partial charge in [0, 0.05) is 23.7 Å². The summed E-state index contributed by atoms with van der Waals surface area (Å²) in [5.41, 5.74) is 1.25. The first-order chi connectivity index (χ1) is 13.0. The monoisotopic (exact) mass is 395 g/mol. The average Bonchev–Trinajstić information content (AvgIpc) is 2.57. The van der Waals surface area contributed by atoms with E-state index in [0.717, 1.165) is 0 Å². The summed E-state index contributed by atoms with van der Waals surface area (Å²) in [4.78, 5) is 28.4. The third-order valence-corrected chi connectivity index (χ3v) is 3.58. The number of anilines is 1. The van der Waals surface area contributed by atoms with E-state index >= 15 is 0 Å². The van der Waals surface area contributed by atoms with E-state index in [1.165, 1.54) is 24.3 Å². The second kappa shape index (κ2) is 8.73. The third kappa shape index (κ3) is 6.57. The fraction of sp³-hybridized carbons (Fsp3) is 0.316. The average molecular weight is 395 g/mol. The lowest BCUT2D eigenvalue weighted by Gasteiger charge is -2.12. The van der Waals surface area contributed by atoms with Crippen molar-refractivity contribution in [3.05, 3.63) is 53.2 Å². The predicted molar refractivity (Wildman–Crippen MR) is 96.7 cm³/mol. The summed E-state index contributed by atoms with van der Waals surface area (Å²) in [5.74, 6) is -1.04. The van der Waals surface area contributed by atoms with Crippen molar-refractivity contribution in [1.29, 1.82) is 0 Å². The Morgan fingerprint density at radius 1 is 1.18 bits per heavy atom. The Morgan fingerprint density at radius 3 is 2.54 bits per heavy atom. The number of alkyl halides is 3. The second-order valence-electron chi connectivity index (χ2n) is 6.40. The Kier molecular flexibility index (Phi) is 6.61. The number of hydrogen-bond acceptors (Lipinski definition) is 4. The van der Waals surface area contributed by atoms with E-state index in [-0.39, 0.29) is 35.5 Å². The molecule has 0 fully saturated rings. The van der Waals surface area contributed by atoms with Gasteiger partial charge in [0.15, 0.2) is 0 Å². The number of nitrogens with one attached hydrogen (secondary N) is 2. The van der Waals surface area contributed by atoms with Gasteiger partial charge in [0.2, 0.25) is 5.91 Å². The van der Waals surface area contributed by atoms with E-state index in [1.807, 2.05) is 0 Å². The highest BCUT2D eigenvalue weighted by Crippen LogP contribution is 2.23. The van der Waals surface area contributed by atoms with Crippen LogP contribution in [0.3, 0.4) is 0 Å². The largest absolute Gasteiger partial charge is 0.573 e. The standard InChI is InChI=1S/C19H20F3N3O3/c1-11(2)17(26)25-16-9-14(7-12(3)24-16)18(27)23-10-13-5-4-6-15(8-13)28-19(20,21)22/h4-9,11H,10H2,1-3H3,(H,23,27)(H,24,25,26). The Labute approximate surface area is 160 Å². The topological polar surface area (TPSA) is 80.3 Å². The van der Waals surface area contributed by atoms with Crippen molar-refractivity contribution in [2.24, 2.45) is 5.92 Å². The zero-order valence-corrected chi connectivity index (χ0v) is 15.6. The molecule has 150 valence electrons. The number of benzene rings is 1. The minimum Gasteiger partial charge on any atom is -0.406 e. The molecular weight excluding hydrogens is 375 g/mol. The molecule has 28 heavy (non-hydrogen) atoms. The zero-order chi connectivity index (χ0) is 20.9. The van der Waals surface area contributed by atoms with Crippen molar-refractivity contribution in [1.82, 2.24) is 10.3 Å². The molecular formula is C19H20F3N3O3. The Hall–Kier alpha value is -3.10. The van der Waals surface area contributed by atoms with E-state index in [2.05, 4.69) is 20.4 Å². The fourth-order valence-corrected chi connectivity index (χ4v) is 2.27. The van der Waals surface area contributed by atoms with Gasteiger partial charge in [0.1, 0.15) is 11.6 Å². The molecule has 1 aromatic carbocycles. The van der Waals surface area contributed by atoms with Gasteiger partial charge in [-0.1, -0.05) is 26.0 Å². The van der Waals surface area contributed by atoms with Crippen LogP contribution in [0.1, 0.15) is 35.5 Å². The van der Waals surface area contributed by atoms with Gasteiger partial charge in [-0.25, -0.2) is 4.98 Å². The molecule has 2 aromatic rings. The number of aromatic nitrogens is 1. The van der Waals surface area contributed by atoms with Crippen molar-refractivity contribution in [3.63, 3.8) is 0 Å². The summed E-state index contributed by atoms with van der Waals surface area (Å²) in [6, 6.07) is 8.32. The lowest BCUT2D eigenvalue weighted by Crippen LogP contribution is -2.24. The number of amides is 2. The summed E-state index contributed by atoms with van der Waals surface area (Å²) in [5, 5.41) is 5.25. The van der Waals surface area contributed by atoms with Crippen LogP contribution >= 0.6 is 0 Å². The Morgan fingerprint density at radius 2 is 1.89 bits per heavy atom. The number of carbonyl (C=O) groups is 2. The molecule has 0 radical (unpaired) electrons. The van der Waals surface area contributed by atoms with E-state index in [4.69, 9.17) is 0 Å². The van der Waals surface area contributed by atoms with E-state index < -0.39 is 12.3 Å². The van der Waals surface area contributed by atoms with E-state index in [1.54, 1.807) is 32.9 Å². The molecule has 6 nitrogen and oxygen atoms in total. The lowest BCUT2D eigenvalue weighted by molar-refractivity contribution is -0.274. The molecule has 0 unspecified atom stereocenters. The quantitative estimate of drug-likeness (QED) is 0.779. The molecule has 0 bridgehead atoms. The molecule has 0 atom stereocenters. The SMILES string of the molecule is Cc1cc(C(=O)NCc2cccc(OC(F)(F)F)c2)cc(NC(=O)C(C)C)n1. The maximum absolute atomic E-state index is 12.4. The first-order valence-electron chi connectivity index (χ1n) is 8.46. The van der Waals surface area contributed by atoms with Crippen LogP contribution in [-0.4, -0.2) is 23.2 Å². The van der Waals surface area contributed by atoms with Gasteiger partial charge in [0.05, 0.1) is 0 Å². The maximum Gasteiger partial charge on any atom is 0.573 e. The minimum atomic E-state index is -4.78. The molecule has 0 aliphatic carbocycles. The summed E-state index contributed by atoms with van der Waals surface area (Å²) < 4.78 is 40.7. The number of nitrogens with zero attached hydrogens (tertiary/aromatic N) is 1. The molecule has 2 N–H and O–H groups in total. The van der Waals surface area contributed by atoms with Crippen LogP contribution in [0.4, 0.5) is 19.0 Å². The smallest absolute Gasteiger partial charge is 0.406 e. The molecule has 0 aliphatic heterocycles. The van der Waals surface area contributed by atoms with Crippen LogP contribution in [0.25, 0.3) is 0 Å². The van der Waals surface area contributed by atoms with Gasteiger partial charge in [-0.15, -0.1) is 13.2 Å². The summed E-state index contributed by atoms with van der Waals surface area (Å²) in [6.45, 7) is 5.15. The van der Waals surface area contributed by atoms with Crippen LogP contribution < -0.4 is 15.4 Å². The summed E-state index contributed by atoms with van der Waals surface area (Å²) >= 11 is 0. The van der Waals surface area contributed by atoms with E-state index in [9.17, 15) is 22.8 Å². The zero-order valence-electron chi connectivity index (χ0n) is 15.6. The number of rotatable bonds is 6. The first-order valence-corrected chi connectivity index (χ1v) is 8.46.